The summed E-state index contributed by atoms with van der Waals surface area (Å²) in [4.78, 5) is 23.1. The van der Waals surface area contributed by atoms with Gasteiger partial charge in [0, 0.05) is 19.3 Å². The van der Waals surface area contributed by atoms with Crippen LogP contribution < -0.4 is 0 Å². The lowest BCUT2D eigenvalue weighted by Crippen LogP contribution is -2.53. The van der Waals surface area contributed by atoms with Crippen molar-refractivity contribution >= 4 is 11.9 Å². The summed E-state index contributed by atoms with van der Waals surface area (Å²) in [6.45, 7) is 5.23. The van der Waals surface area contributed by atoms with Gasteiger partial charge in [-0.3, -0.25) is 9.59 Å². The van der Waals surface area contributed by atoms with Crippen molar-refractivity contribution in [2.45, 2.75) is 83.8 Å². The van der Waals surface area contributed by atoms with E-state index in [2.05, 4.69) is 18.9 Å². The Morgan fingerprint density at radius 3 is 2.54 bits per heavy atom. The van der Waals surface area contributed by atoms with Crippen LogP contribution in [0.15, 0.2) is 11.6 Å². The molecule has 0 unspecified atom stereocenters. The molecule has 0 aromatic rings. The molecule has 3 fully saturated rings. The Labute approximate surface area is 168 Å². The third kappa shape index (κ3) is 2.90. The molecule has 4 aliphatic carbocycles. The molecule has 0 bridgehead atoms. The van der Waals surface area contributed by atoms with Gasteiger partial charge in [0.25, 0.3) is 0 Å². The van der Waals surface area contributed by atoms with Gasteiger partial charge in [0.05, 0.1) is 0 Å². The fourth-order valence-corrected chi connectivity index (χ4v) is 7.28. The van der Waals surface area contributed by atoms with E-state index < -0.39 is 5.60 Å². The van der Waals surface area contributed by atoms with E-state index >= 15 is 0 Å². The molecule has 28 heavy (non-hydrogen) atoms. The van der Waals surface area contributed by atoms with E-state index in [9.17, 15) is 9.59 Å². The zero-order valence-electron chi connectivity index (χ0n) is 17.3. The predicted octanol–water partition coefficient (Wildman–Crippen LogP) is 4.43. The van der Waals surface area contributed by atoms with Crippen molar-refractivity contribution in [1.82, 2.24) is 0 Å². The molecular formula is C24H32O4. The van der Waals surface area contributed by atoms with E-state index in [1.807, 2.05) is 0 Å². The number of hydrogen-bond acceptors (Lipinski definition) is 4. The number of carbonyl (C=O) groups excluding carboxylic acids is 2. The third-order valence-electron chi connectivity index (χ3n) is 8.40. The summed E-state index contributed by atoms with van der Waals surface area (Å²) in [6, 6.07) is 0. The quantitative estimate of drug-likeness (QED) is 0.402. The van der Waals surface area contributed by atoms with Crippen LogP contribution in [-0.2, 0) is 19.1 Å². The molecule has 0 radical (unpaired) electrons. The molecule has 7 atom stereocenters. The number of hydrogen-bond donors (Lipinski definition) is 0. The zero-order valence-corrected chi connectivity index (χ0v) is 17.3. The van der Waals surface area contributed by atoms with Gasteiger partial charge in [-0.1, -0.05) is 18.4 Å². The number of rotatable bonds is 2. The average molecular weight is 385 g/mol. The van der Waals surface area contributed by atoms with Crippen LogP contribution in [0.4, 0.5) is 0 Å². The molecule has 0 aliphatic heterocycles. The Bertz CT molecular complexity index is 746. The molecule has 0 heterocycles. The second kappa shape index (κ2) is 6.94. The Morgan fingerprint density at radius 1 is 1.07 bits per heavy atom. The summed E-state index contributed by atoms with van der Waals surface area (Å²) in [5, 5.41) is 0. The van der Waals surface area contributed by atoms with Crippen LogP contribution in [0.3, 0.4) is 0 Å². The van der Waals surface area contributed by atoms with E-state index in [1.165, 1.54) is 25.8 Å². The lowest BCUT2D eigenvalue weighted by molar-refractivity contribution is -0.167. The van der Waals surface area contributed by atoms with Crippen molar-refractivity contribution in [3.8, 4) is 12.3 Å². The smallest absolute Gasteiger partial charge is 0.304 e. The fourth-order valence-electron chi connectivity index (χ4n) is 7.28. The van der Waals surface area contributed by atoms with Gasteiger partial charge < -0.3 is 9.47 Å². The van der Waals surface area contributed by atoms with Crippen LogP contribution in [0.5, 0.6) is 0 Å². The molecule has 3 saturated carbocycles. The van der Waals surface area contributed by atoms with Crippen molar-refractivity contribution in [3.63, 3.8) is 0 Å². The monoisotopic (exact) mass is 384 g/mol. The van der Waals surface area contributed by atoms with Crippen LogP contribution in [0.1, 0.15) is 72.1 Å². The van der Waals surface area contributed by atoms with E-state index in [0.29, 0.717) is 23.7 Å². The maximum atomic E-state index is 11.8. The molecule has 0 amide bonds. The van der Waals surface area contributed by atoms with Crippen LogP contribution in [0.25, 0.3) is 0 Å². The SMILES string of the molecule is C#C[C@]1(OC(C)=O)CC[C@@H]2[C@@H]3CCC4=C[C@@H](OC(C)=O)CC[C@H]4[C@@H]3CC[C@@]21C. The van der Waals surface area contributed by atoms with Gasteiger partial charge in [-0.05, 0) is 81.1 Å². The maximum absolute atomic E-state index is 11.8. The molecule has 4 rings (SSSR count). The summed E-state index contributed by atoms with van der Waals surface area (Å²) in [5.74, 6) is 4.94. The second-order valence-corrected chi connectivity index (χ2v) is 9.61. The first-order valence-electron chi connectivity index (χ1n) is 10.8. The summed E-state index contributed by atoms with van der Waals surface area (Å²) in [6.07, 6.45) is 16.5. The van der Waals surface area contributed by atoms with E-state index in [4.69, 9.17) is 15.9 Å². The van der Waals surface area contributed by atoms with Gasteiger partial charge in [-0.2, -0.15) is 0 Å². The first-order valence-corrected chi connectivity index (χ1v) is 10.8. The predicted molar refractivity (Wildman–Crippen MR) is 106 cm³/mol. The number of carbonyl (C=O) groups is 2. The minimum absolute atomic E-state index is 0.0429. The topological polar surface area (TPSA) is 52.6 Å². The third-order valence-corrected chi connectivity index (χ3v) is 8.40. The van der Waals surface area contributed by atoms with Gasteiger partial charge in [-0.25, -0.2) is 0 Å². The molecule has 4 nitrogen and oxygen atoms in total. The van der Waals surface area contributed by atoms with Crippen molar-refractivity contribution in [2.75, 3.05) is 0 Å². The van der Waals surface area contributed by atoms with Crippen LogP contribution >= 0.6 is 0 Å². The summed E-state index contributed by atoms with van der Waals surface area (Å²) in [5.41, 5.74) is 0.644. The number of allylic oxidation sites excluding steroid dienone is 1. The molecule has 0 N–H and O–H groups in total. The lowest BCUT2D eigenvalue weighted by atomic mass is 9.50. The van der Waals surface area contributed by atoms with Crippen molar-refractivity contribution < 1.29 is 19.1 Å². The summed E-state index contributed by atoms with van der Waals surface area (Å²) >= 11 is 0. The molecule has 152 valence electrons. The first-order chi connectivity index (χ1) is 13.3. The Kier molecular flexibility index (Phi) is 4.84. The fraction of sp³-hybridized carbons (Fsp3) is 0.750. The van der Waals surface area contributed by atoms with Crippen molar-refractivity contribution in [3.05, 3.63) is 11.6 Å². The van der Waals surface area contributed by atoms with Crippen LogP contribution in [-0.4, -0.2) is 23.6 Å². The Hall–Kier alpha value is -1.76. The average Bonchev–Trinajstić information content (AvgIpc) is 2.93. The highest BCUT2D eigenvalue weighted by molar-refractivity contribution is 5.67. The molecular weight excluding hydrogens is 352 g/mol. The van der Waals surface area contributed by atoms with Gasteiger partial charge >= 0.3 is 11.9 Å². The van der Waals surface area contributed by atoms with Gasteiger partial charge in [0.15, 0.2) is 5.60 Å². The second-order valence-electron chi connectivity index (χ2n) is 9.61. The molecule has 0 saturated heterocycles. The van der Waals surface area contributed by atoms with Gasteiger partial charge in [-0.15, -0.1) is 6.42 Å². The van der Waals surface area contributed by atoms with E-state index in [0.717, 1.165) is 44.9 Å². The van der Waals surface area contributed by atoms with Crippen LogP contribution in [0.2, 0.25) is 0 Å². The molecule has 0 aromatic carbocycles. The standard InChI is InChI=1S/C24H32O4/c1-5-24(28-16(3)26)13-11-22-21-8-6-17-14-18(27-15(2)25)7-9-19(17)20(21)10-12-23(22,24)4/h1,14,18-22H,6-13H2,2-4H3/t18-,19+,20-,21+,22+,23-,24-/m0/s1. The zero-order chi connectivity index (χ0) is 20.1. The molecule has 0 spiro atoms. The Balaban J connectivity index is 1.57. The van der Waals surface area contributed by atoms with Crippen LogP contribution in [0, 0.1) is 41.4 Å². The van der Waals surface area contributed by atoms with Gasteiger partial charge in [0.2, 0.25) is 0 Å². The number of fused-ring (bicyclic) bond motifs is 5. The molecule has 4 aliphatic rings. The van der Waals surface area contributed by atoms with Crippen molar-refractivity contribution in [2.24, 2.45) is 29.1 Å². The summed E-state index contributed by atoms with van der Waals surface area (Å²) < 4.78 is 11.3. The first kappa shape index (κ1) is 19.6. The van der Waals surface area contributed by atoms with E-state index in [-0.39, 0.29) is 23.5 Å². The normalized spacial score (nSPS) is 44.2. The number of ether oxygens (including phenoxy) is 2. The van der Waals surface area contributed by atoms with Gasteiger partial charge in [0.1, 0.15) is 6.10 Å². The maximum Gasteiger partial charge on any atom is 0.304 e. The largest absolute Gasteiger partial charge is 0.458 e. The summed E-state index contributed by atoms with van der Waals surface area (Å²) in [7, 11) is 0. The highest BCUT2D eigenvalue weighted by Crippen LogP contribution is 2.65. The van der Waals surface area contributed by atoms with E-state index in [1.54, 1.807) is 0 Å². The molecule has 4 heteroatoms. The minimum Gasteiger partial charge on any atom is -0.458 e. The highest BCUT2D eigenvalue weighted by Gasteiger charge is 2.64. The Morgan fingerprint density at radius 2 is 1.86 bits per heavy atom. The minimum atomic E-state index is -0.739. The molecule has 0 aromatic heterocycles. The lowest BCUT2D eigenvalue weighted by Gasteiger charge is -2.55. The number of terminal acetylenes is 1. The highest BCUT2D eigenvalue weighted by atomic mass is 16.6. The number of esters is 2. The van der Waals surface area contributed by atoms with Crippen molar-refractivity contribution in [1.29, 1.82) is 0 Å².